The van der Waals surface area contributed by atoms with Gasteiger partial charge in [0.2, 0.25) is 0 Å². The Labute approximate surface area is 110 Å². The minimum Gasteiger partial charge on any atom is -0.310 e. The van der Waals surface area contributed by atoms with Gasteiger partial charge in [0.1, 0.15) is 0 Å². The molecule has 2 fully saturated rings. The molecule has 2 saturated carbocycles. The van der Waals surface area contributed by atoms with E-state index in [9.17, 15) is 0 Å². The summed E-state index contributed by atoms with van der Waals surface area (Å²) in [5.74, 6) is 1.69. The van der Waals surface area contributed by atoms with Crippen LogP contribution in [0.25, 0.3) is 0 Å². The lowest BCUT2D eigenvalue weighted by Crippen LogP contribution is -2.23. The highest BCUT2D eigenvalue weighted by molar-refractivity contribution is 5.05. The second-order valence-corrected chi connectivity index (χ2v) is 6.56. The molecule has 3 rings (SSSR count). The van der Waals surface area contributed by atoms with Gasteiger partial charge in [-0.05, 0) is 43.9 Å². The van der Waals surface area contributed by atoms with E-state index in [-0.39, 0.29) is 0 Å². The molecule has 0 aromatic carbocycles. The van der Waals surface area contributed by atoms with Crippen LogP contribution in [0.2, 0.25) is 0 Å². The first-order valence-corrected chi connectivity index (χ1v) is 7.47. The zero-order chi connectivity index (χ0) is 12.5. The molecule has 2 atom stereocenters. The number of nitrogens with one attached hydrogen (secondary N) is 1. The van der Waals surface area contributed by atoms with Crippen molar-refractivity contribution in [2.75, 3.05) is 0 Å². The van der Waals surface area contributed by atoms with Gasteiger partial charge in [0.25, 0.3) is 0 Å². The van der Waals surface area contributed by atoms with Gasteiger partial charge in [0, 0.05) is 24.3 Å². The normalized spacial score (nSPS) is 32.7. The van der Waals surface area contributed by atoms with E-state index in [1.165, 1.54) is 37.7 Å². The summed E-state index contributed by atoms with van der Waals surface area (Å²) in [5, 5.41) is 8.14. The second-order valence-electron chi connectivity index (χ2n) is 6.56. The van der Waals surface area contributed by atoms with Crippen molar-refractivity contribution in [1.29, 1.82) is 0 Å². The summed E-state index contributed by atoms with van der Waals surface area (Å²) in [6.07, 6.45) is 11.0. The van der Waals surface area contributed by atoms with Crippen molar-refractivity contribution in [2.45, 2.75) is 64.6 Å². The van der Waals surface area contributed by atoms with E-state index < -0.39 is 0 Å². The van der Waals surface area contributed by atoms with E-state index in [4.69, 9.17) is 0 Å². The molecule has 0 bridgehead atoms. The fraction of sp³-hybridized carbons (Fsp3) is 0.800. The summed E-state index contributed by atoms with van der Waals surface area (Å²) in [5.41, 5.74) is 1.34. The van der Waals surface area contributed by atoms with Crippen LogP contribution in [-0.2, 0) is 6.54 Å². The average Bonchev–Trinajstić information content (AvgIpc) is 3.02. The molecule has 0 saturated heterocycles. The largest absolute Gasteiger partial charge is 0.310 e. The highest BCUT2D eigenvalue weighted by atomic mass is 15.3. The molecule has 1 heterocycles. The van der Waals surface area contributed by atoms with Crippen LogP contribution in [0.4, 0.5) is 0 Å². The number of aromatic nitrogens is 2. The molecule has 0 amide bonds. The van der Waals surface area contributed by atoms with Gasteiger partial charge in [0.15, 0.2) is 0 Å². The first-order chi connectivity index (χ1) is 8.70. The Bertz CT molecular complexity index is 384. The summed E-state index contributed by atoms with van der Waals surface area (Å²) in [7, 11) is 0. The Morgan fingerprint density at radius 3 is 2.61 bits per heavy atom. The Kier molecular flexibility index (Phi) is 3.42. The van der Waals surface area contributed by atoms with Crippen LogP contribution >= 0.6 is 0 Å². The van der Waals surface area contributed by atoms with Crippen LogP contribution in [0.1, 0.15) is 57.6 Å². The molecule has 2 aliphatic rings. The molecule has 1 aromatic rings. The van der Waals surface area contributed by atoms with Crippen molar-refractivity contribution in [3.8, 4) is 0 Å². The second kappa shape index (κ2) is 5.04. The van der Waals surface area contributed by atoms with Crippen LogP contribution in [0.3, 0.4) is 0 Å². The monoisotopic (exact) mass is 247 g/mol. The van der Waals surface area contributed by atoms with Crippen molar-refractivity contribution in [3.63, 3.8) is 0 Å². The lowest BCUT2D eigenvalue weighted by Gasteiger charge is -2.31. The van der Waals surface area contributed by atoms with Gasteiger partial charge < -0.3 is 5.32 Å². The fourth-order valence-electron chi connectivity index (χ4n) is 3.34. The smallest absolute Gasteiger partial charge is 0.0534 e. The molecule has 3 heteroatoms. The fourth-order valence-corrected chi connectivity index (χ4v) is 3.34. The maximum Gasteiger partial charge on any atom is 0.0534 e. The van der Waals surface area contributed by atoms with Crippen LogP contribution in [0.5, 0.6) is 0 Å². The van der Waals surface area contributed by atoms with Gasteiger partial charge >= 0.3 is 0 Å². The van der Waals surface area contributed by atoms with E-state index in [0.717, 1.165) is 24.4 Å². The van der Waals surface area contributed by atoms with E-state index >= 15 is 0 Å². The number of hydrogen-bond donors (Lipinski definition) is 1. The molecule has 0 radical (unpaired) electrons. The van der Waals surface area contributed by atoms with Gasteiger partial charge in [0.05, 0.1) is 12.2 Å². The highest BCUT2D eigenvalue weighted by Gasteiger charge is 2.26. The molecule has 3 nitrogen and oxygen atoms in total. The molecule has 2 unspecified atom stereocenters. The van der Waals surface area contributed by atoms with Crippen LogP contribution in [0.15, 0.2) is 12.4 Å². The van der Waals surface area contributed by atoms with Crippen molar-refractivity contribution in [1.82, 2.24) is 15.1 Å². The quantitative estimate of drug-likeness (QED) is 0.886. The van der Waals surface area contributed by atoms with Crippen molar-refractivity contribution >= 4 is 0 Å². The van der Waals surface area contributed by atoms with E-state index in [2.05, 4.69) is 35.1 Å². The first-order valence-electron chi connectivity index (χ1n) is 7.47. The van der Waals surface area contributed by atoms with Gasteiger partial charge in [-0.2, -0.15) is 5.10 Å². The minimum atomic E-state index is 0.624. The van der Waals surface area contributed by atoms with Crippen LogP contribution in [0, 0.1) is 11.8 Å². The molecule has 100 valence electrons. The topological polar surface area (TPSA) is 29.9 Å². The average molecular weight is 247 g/mol. The summed E-state index contributed by atoms with van der Waals surface area (Å²) < 4.78 is 2.22. The SMILES string of the molecule is CC1CC(C)CC(n2cc(CNC3CC3)cn2)C1. The molecule has 0 aliphatic heterocycles. The van der Waals surface area contributed by atoms with Crippen LogP contribution < -0.4 is 5.32 Å². The molecule has 2 aliphatic carbocycles. The summed E-state index contributed by atoms with van der Waals surface area (Å²) in [6, 6.07) is 1.40. The number of rotatable bonds is 4. The molecule has 18 heavy (non-hydrogen) atoms. The van der Waals surface area contributed by atoms with Crippen molar-refractivity contribution < 1.29 is 0 Å². The Balaban J connectivity index is 1.60. The summed E-state index contributed by atoms with van der Waals surface area (Å²) >= 11 is 0. The summed E-state index contributed by atoms with van der Waals surface area (Å²) in [4.78, 5) is 0. The Hall–Kier alpha value is -0.830. The Morgan fingerprint density at radius 2 is 1.94 bits per heavy atom. The molecular formula is C15H25N3. The third-order valence-corrected chi connectivity index (χ3v) is 4.35. The van der Waals surface area contributed by atoms with Gasteiger partial charge in [-0.25, -0.2) is 0 Å². The minimum absolute atomic E-state index is 0.624. The van der Waals surface area contributed by atoms with Crippen LogP contribution in [-0.4, -0.2) is 15.8 Å². The van der Waals surface area contributed by atoms with E-state index in [1.807, 2.05) is 6.20 Å². The predicted octanol–water partition coefficient (Wildman–Crippen LogP) is 3.13. The van der Waals surface area contributed by atoms with Gasteiger partial charge in [-0.1, -0.05) is 13.8 Å². The molecule has 0 spiro atoms. The Morgan fingerprint density at radius 1 is 1.22 bits per heavy atom. The zero-order valence-corrected chi connectivity index (χ0v) is 11.6. The molecule has 1 aromatic heterocycles. The van der Waals surface area contributed by atoms with Gasteiger partial charge in [-0.3, -0.25) is 4.68 Å². The maximum absolute atomic E-state index is 4.58. The third-order valence-electron chi connectivity index (χ3n) is 4.35. The molecular weight excluding hydrogens is 222 g/mol. The number of hydrogen-bond acceptors (Lipinski definition) is 2. The number of nitrogens with zero attached hydrogens (tertiary/aromatic N) is 2. The standard InChI is InChI=1S/C15H25N3/c1-11-5-12(2)7-15(6-11)18-10-13(9-17-18)8-16-14-3-4-14/h9-12,14-16H,3-8H2,1-2H3. The first kappa shape index (κ1) is 12.2. The predicted molar refractivity (Wildman–Crippen MR) is 73.3 cm³/mol. The maximum atomic E-state index is 4.58. The van der Waals surface area contributed by atoms with Crippen molar-refractivity contribution in [3.05, 3.63) is 18.0 Å². The highest BCUT2D eigenvalue weighted by Crippen LogP contribution is 2.35. The third kappa shape index (κ3) is 2.94. The zero-order valence-electron chi connectivity index (χ0n) is 11.6. The van der Waals surface area contributed by atoms with Crippen molar-refractivity contribution in [2.24, 2.45) is 11.8 Å². The van der Waals surface area contributed by atoms with Gasteiger partial charge in [-0.15, -0.1) is 0 Å². The lowest BCUT2D eigenvalue weighted by molar-refractivity contribution is 0.210. The van der Waals surface area contributed by atoms with E-state index in [1.54, 1.807) is 0 Å². The van der Waals surface area contributed by atoms with E-state index in [0.29, 0.717) is 6.04 Å². The molecule has 1 N–H and O–H groups in total. The summed E-state index contributed by atoms with van der Waals surface area (Å²) in [6.45, 7) is 5.74. The lowest BCUT2D eigenvalue weighted by atomic mass is 9.80.